The van der Waals surface area contributed by atoms with E-state index in [1.807, 2.05) is 0 Å². The Bertz CT molecular complexity index is 1110. The number of rotatable bonds is 7. The third kappa shape index (κ3) is 5.44. The average molecular weight is 548 g/mol. The lowest BCUT2D eigenvalue weighted by Crippen LogP contribution is -2.60. The summed E-state index contributed by atoms with van der Waals surface area (Å²) in [5, 5.41) is 11.8. The van der Waals surface area contributed by atoms with Gasteiger partial charge in [-0.1, -0.05) is 25.1 Å². The molecular weight excluding hydrogens is 515 g/mol. The van der Waals surface area contributed by atoms with E-state index >= 15 is 0 Å². The van der Waals surface area contributed by atoms with Crippen molar-refractivity contribution in [1.29, 1.82) is 0 Å². The lowest BCUT2D eigenvalue weighted by molar-refractivity contribution is -0.258. The number of ether oxygens (including phenoxy) is 1. The van der Waals surface area contributed by atoms with E-state index in [-0.39, 0.29) is 30.7 Å². The molecule has 0 bridgehead atoms. The maximum atomic E-state index is 13.3. The molecular formula is C24H32F3N3O4S2. The first-order chi connectivity index (χ1) is 16.9. The van der Waals surface area contributed by atoms with Crippen molar-refractivity contribution in [2.75, 3.05) is 50.8 Å². The minimum Gasteiger partial charge on any atom is -0.378 e. The largest absolute Gasteiger partial charge is 0.421 e. The second-order valence-electron chi connectivity index (χ2n) is 9.39. The van der Waals surface area contributed by atoms with E-state index in [2.05, 4.69) is 16.7 Å². The Kier molecular flexibility index (Phi) is 8.04. The Hall–Kier alpha value is -1.70. The predicted molar refractivity (Wildman–Crippen MR) is 133 cm³/mol. The van der Waals surface area contributed by atoms with Gasteiger partial charge in [-0.25, -0.2) is 8.42 Å². The molecule has 0 aliphatic carbocycles. The summed E-state index contributed by atoms with van der Waals surface area (Å²) >= 11 is 1.18. The summed E-state index contributed by atoms with van der Waals surface area (Å²) in [5.41, 5.74) is -2.51. The van der Waals surface area contributed by atoms with E-state index in [9.17, 15) is 26.7 Å². The van der Waals surface area contributed by atoms with Gasteiger partial charge in [0.05, 0.1) is 19.3 Å². The number of hydrogen-bond donors (Lipinski definition) is 1. The number of aliphatic hydroxyl groups is 1. The van der Waals surface area contributed by atoms with Crippen LogP contribution in [0.25, 0.3) is 0 Å². The molecule has 7 nitrogen and oxygen atoms in total. The summed E-state index contributed by atoms with van der Waals surface area (Å²) in [6.45, 7) is 6.28. The van der Waals surface area contributed by atoms with Crippen LogP contribution in [0, 0.1) is 0 Å². The van der Waals surface area contributed by atoms with E-state index in [4.69, 9.17) is 4.74 Å². The molecule has 0 spiro atoms. The molecule has 3 atom stereocenters. The van der Waals surface area contributed by atoms with Crippen LogP contribution in [-0.4, -0.2) is 86.9 Å². The van der Waals surface area contributed by atoms with Crippen molar-refractivity contribution in [2.45, 2.75) is 48.3 Å². The maximum Gasteiger partial charge on any atom is 0.421 e. The molecule has 4 rings (SSSR count). The first-order valence-electron chi connectivity index (χ1n) is 12.0. The molecule has 12 heteroatoms. The van der Waals surface area contributed by atoms with Crippen LogP contribution in [0.5, 0.6) is 0 Å². The molecule has 2 saturated heterocycles. The van der Waals surface area contributed by atoms with Crippen molar-refractivity contribution >= 4 is 27.0 Å². The zero-order valence-corrected chi connectivity index (χ0v) is 21.9. The molecule has 0 saturated carbocycles. The number of morpholine rings is 1. The Balaban J connectivity index is 1.61. The van der Waals surface area contributed by atoms with Gasteiger partial charge in [0.1, 0.15) is 4.21 Å². The van der Waals surface area contributed by atoms with Gasteiger partial charge in [0.2, 0.25) is 0 Å². The molecule has 1 N–H and O–H groups in total. The summed E-state index contributed by atoms with van der Waals surface area (Å²) in [4.78, 5) is 4.37. The van der Waals surface area contributed by atoms with Crippen LogP contribution < -0.4 is 4.90 Å². The molecule has 200 valence electrons. The number of thiophene rings is 1. The monoisotopic (exact) mass is 547 g/mol. The van der Waals surface area contributed by atoms with Crippen LogP contribution in [-0.2, 0) is 20.4 Å². The minimum atomic E-state index is -4.80. The zero-order valence-electron chi connectivity index (χ0n) is 20.3. The van der Waals surface area contributed by atoms with Gasteiger partial charge in [0.15, 0.2) is 5.60 Å². The Morgan fingerprint density at radius 2 is 1.83 bits per heavy atom. The smallest absolute Gasteiger partial charge is 0.378 e. The number of nitrogens with zero attached hydrogens (tertiary/aromatic N) is 3. The highest BCUT2D eigenvalue weighted by Crippen LogP contribution is 2.39. The number of anilines is 1. The summed E-state index contributed by atoms with van der Waals surface area (Å²) in [6.07, 6.45) is -3.91. The van der Waals surface area contributed by atoms with Gasteiger partial charge in [-0.3, -0.25) is 4.90 Å². The van der Waals surface area contributed by atoms with Crippen LogP contribution in [0.3, 0.4) is 0 Å². The van der Waals surface area contributed by atoms with Crippen LogP contribution in [0.1, 0.15) is 25.8 Å². The fourth-order valence-corrected chi connectivity index (χ4v) is 7.41. The van der Waals surface area contributed by atoms with E-state index in [0.717, 1.165) is 19.9 Å². The second kappa shape index (κ2) is 10.6. The van der Waals surface area contributed by atoms with Gasteiger partial charge >= 0.3 is 6.18 Å². The van der Waals surface area contributed by atoms with Gasteiger partial charge in [-0.2, -0.15) is 17.5 Å². The highest BCUT2D eigenvalue weighted by Gasteiger charge is 2.51. The van der Waals surface area contributed by atoms with Gasteiger partial charge in [-0.15, -0.1) is 11.3 Å². The van der Waals surface area contributed by atoms with E-state index in [0.29, 0.717) is 36.2 Å². The zero-order chi connectivity index (χ0) is 26.1. The van der Waals surface area contributed by atoms with Crippen LogP contribution in [0.4, 0.5) is 18.9 Å². The molecule has 3 heterocycles. The van der Waals surface area contributed by atoms with E-state index in [1.165, 1.54) is 27.8 Å². The summed E-state index contributed by atoms with van der Waals surface area (Å²) in [6, 6.07) is 9.04. The van der Waals surface area contributed by atoms with Crippen LogP contribution in [0.2, 0.25) is 0 Å². The highest BCUT2D eigenvalue weighted by molar-refractivity contribution is 7.91. The molecule has 2 aromatic rings. The Morgan fingerprint density at radius 1 is 1.11 bits per heavy atom. The maximum absolute atomic E-state index is 13.3. The molecule has 2 aliphatic heterocycles. The quantitative estimate of drug-likeness (QED) is 0.572. The minimum absolute atomic E-state index is 0.213. The summed E-state index contributed by atoms with van der Waals surface area (Å²) in [7, 11) is -3.64. The van der Waals surface area contributed by atoms with Crippen molar-refractivity contribution < 1.29 is 31.4 Å². The number of sulfonamides is 1. The van der Waals surface area contributed by atoms with Gasteiger partial charge in [-0.05, 0) is 42.5 Å². The lowest BCUT2D eigenvalue weighted by Gasteiger charge is -2.46. The predicted octanol–water partition coefficient (Wildman–Crippen LogP) is 3.51. The van der Waals surface area contributed by atoms with Crippen molar-refractivity contribution in [3.05, 3.63) is 47.3 Å². The molecule has 36 heavy (non-hydrogen) atoms. The molecule has 0 unspecified atom stereocenters. The number of hydrogen-bond acceptors (Lipinski definition) is 7. The van der Waals surface area contributed by atoms with Crippen molar-refractivity contribution in [3.63, 3.8) is 0 Å². The molecule has 1 aromatic carbocycles. The molecule has 2 aliphatic rings. The topological polar surface area (TPSA) is 73.3 Å². The third-order valence-corrected chi connectivity index (χ3v) is 10.4. The van der Waals surface area contributed by atoms with Gasteiger partial charge in [0.25, 0.3) is 10.0 Å². The molecule has 2 fully saturated rings. The summed E-state index contributed by atoms with van der Waals surface area (Å²) < 4.78 is 73.8. The third-order valence-electron chi connectivity index (χ3n) is 7.11. The van der Waals surface area contributed by atoms with Crippen molar-refractivity contribution in [3.8, 4) is 0 Å². The highest BCUT2D eigenvalue weighted by atomic mass is 32.2. The van der Waals surface area contributed by atoms with Crippen molar-refractivity contribution in [2.24, 2.45) is 0 Å². The number of alkyl halides is 3. The number of benzene rings is 1. The average Bonchev–Trinajstić information content (AvgIpc) is 3.40. The number of piperazine rings is 1. The van der Waals surface area contributed by atoms with E-state index in [1.54, 1.807) is 29.6 Å². The first kappa shape index (κ1) is 27.3. The van der Waals surface area contributed by atoms with Gasteiger partial charge in [0, 0.05) is 44.5 Å². The first-order valence-corrected chi connectivity index (χ1v) is 14.3. The second-order valence-corrected chi connectivity index (χ2v) is 12.5. The molecule has 0 amide bonds. The normalized spacial score (nSPS) is 24.6. The molecule has 0 radical (unpaired) electrons. The lowest BCUT2D eigenvalue weighted by atomic mass is 9.95. The number of halogens is 3. The van der Waals surface area contributed by atoms with Gasteiger partial charge < -0.3 is 14.7 Å². The Morgan fingerprint density at radius 3 is 2.44 bits per heavy atom. The standard InChI is InChI=1S/C24H32F3N3O4S2/c1-3-19-17-34-13-12-28(19)15-21-16-29(36(32,33)22-5-4-14-35-22)10-11-30(21)20-8-6-18(7-9-20)23(2,31)24(25,26)27/h4-9,14,19,21,31H,3,10-13,15-17H2,1-2H3/t19-,21+,23-/m1/s1. The fraction of sp³-hybridized carbons (Fsp3) is 0.583. The van der Waals surface area contributed by atoms with Crippen molar-refractivity contribution in [1.82, 2.24) is 9.21 Å². The fourth-order valence-electron chi connectivity index (χ4n) is 4.80. The SMILES string of the molecule is CC[C@@H]1COCCN1C[C@H]1CN(S(=O)(=O)c2cccs2)CCN1c1ccc([C@@](C)(O)C(F)(F)F)cc1. The summed E-state index contributed by atoms with van der Waals surface area (Å²) in [5.74, 6) is 0. The Labute approximate surface area is 214 Å². The van der Waals surface area contributed by atoms with Crippen LogP contribution in [0.15, 0.2) is 46.0 Å². The van der Waals surface area contributed by atoms with Crippen LogP contribution >= 0.6 is 11.3 Å². The molecule has 1 aromatic heterocycles. The van der Waals surface area contributed by atoms with E-state index < -0.39 is 21.8 Å².